The average Bonchev–Trinajstić information content (AvgIpc) is 2.61. The van der Waals surface area contributed by atoms with Crippen LogP contribution in [0.2, 0.25) is 0 Å². The quantitative estimate of drug-likeness (QED) is 0.582. The fourth-order valence-corrected chi connectivity index (χ4v) is 3.62. The summed E-state index contributed by atoms with van der Waals surface area (Å²) >= 11 is 0. The van der Waals surface area contributed by atoms with Crippen LogP contribution in [0.5, 0.6) is 0 Å². The van der Waals surface area contributed by atoms with E-state index < -0.39 is 0 Å². The minimum absolute atomic E-state index is 0.152. The van der Waals surface area contributed by atoms with E-state index in [0.717, 1.165) is 44.5 Å². The predicted molar refractivity (Wildman–Crippen MR) is 94.9 cm³/mol. The van der Waals surface area contributed by atoms with Crippen molar-refractivity contribution in [1.29, 1.82) is 0 Å². The Balaban J connectivity index is 1.89. The standard InChI is InChI=1S/C18H35N3O2/c1-4-15-6-8-16(9-7-15)21-17(19-5-2)20-14-18(22-3)10-12-23-13-11-18/h15-16H,4-14H2,1-3H3,(H2,19,20,21). The first-order valence-corrected chi connectivity index (χ1v) is 9.39. The summed E-state index contributed by atoms with van der Waals surface area (Å²) in [6.07, 6.45) is 8.36. The van der Waals surface area contributed by atoms with Gasteiger partial charge in [-0.25, -0.2) is 0 Å². The monoisotopic (exact) mass is 325 g/mol. The van der Waals surface area contributed by atoms with Gasteiger partial charge in [-0.15, -0.1) is 0 Å². The van der Waals surface area contributed by atoms with Gasteiger partial charge in [-0.1, -0.05) is 13.3 Å². The first-order valence-electron chi connectivity index (χ1n) is 9.39. The Morgan fingerprint density at radius 1 is 1.17 bits per heavy atom. The van der Waals surface area contributed by atoms with Crippen LogP contribution in [-0.4, -0.2) is 51.0 Å². The lowest BCUT2D eigenvalue weighted by molar-refractivity contribution is -0.0828. The van der Waals surface area contributed by atoms with Crippen LogP contribution in [0.3, 0.4) is 0 Å². The molecule has 23 heavy (non-hydrogen) atoms. The summed E-state index contributed by atoms with van der Waals surface area (Å²) in [6, 6.07) is 0.559. The van der Waals surface area contributed by atoms with Crippen molar-refractivity contribution in [2.75, 3.05) is 33.4 Å². The van der Waals surface area contributed by atoms with Gasteiger partial charge in [0.1, 0.15) is 0 Å². The third-order valence-corrected chi connectivity index (χ3v) is 5.47. The number of guanidine groups is 1. The van der Waals surface area contributed by atoms with Gasteiger partial charge in [0.2, 0.25) is 0 Å². The Morgan fingerprint density at radius 3 is 2.43 bits per heavy atom. The van der Waals surface area contributed by atoms with E-state index in [1.165, 1.54) is 32.1 Å². The molecule has 0 amide bonds. The van der Waals surface area contributed by atoms with Crippen molar-refractivity contribution in [3.05, 3.63) is 0 Å². The summed E-state index contributed by atoms with van der Waals surface area (Å²) in [5, 5.41) is 7.02. The van der Waals surface area contributed by atoms with Crippen LogP contribution in [-0.2, 0) is 9.47 Å². The number of hydrogen-bond donors (Lipinski definition) is 2. The second-order valence-electron chi connectivity index (χ2n) is 6.96. The number of methoxy groups -OCH3 is 1. The van der Waals surface area contributed by atoms with Gasteiger partial charge < -0.3 is 20.1 Å². The molecule has 1 saturated carbocycles. The normalized spacial score (nSPS) is 28.4. The molecule has 134 valence electrons. The van der Waals surface area contributed by atoms with Crippen LogP contribution in [0.4, 0.5) is 0 Å². The van der Waals surface area contributed by atoms with E-state index in [0.29, 0.717) is 12.6 Å². The molecule has 5 nitrogen and oxygen atoms in total. The zero-order valence-electron chi connectivity index (χ0n) is 15.2. The highest BCUT2D eigenvalue weighted by Crippen LogP contribution is 2.27. The average molecular weight is 325 g/mol. The van der Waals surface area contributed by atoms with Gasteiger partial charge in [0.15, 0.2) is 5.96 Å². The van der Waals surface area contributed by atoms with E-state index in [-0.39, 0.29) is 5.60 Å². The molecule has 0 bridgehead atoms. The summed E-state index contributed by atoms with van der Waals surface area (Å²) in [6.45, 7) is 7.56. The minimum atomic E-state index is -0.152. The maximum Gasteiger partial charge on any atom is 0.191 e. The molecule has 0 atom stereocenters. The molecule has 2 aliphatic rings. The number of ether oxygens (including phenoxy) is 2. The molecule has 0 aromatic rings. The zero-order chi connectivity index (χ0) is 16.5. The van der Waals surface area contributed by atoms with E-state index >= 15 is 0 Å². The van der Waals surface area contributed by atoms with Gasteiger partial charge in [-0.3, -0.25) is 4.99 Å². The molecule has 0 spiro atoms. The van der Waals surface area contributed by atoms with E-state index in [2.05, 4.69) is 24.5 Å². The van der Waals surface area contributed by atoms with Gasteiger partial charge in [0.05, 0.1) is 12.1 Å². The summed E-state index contributed by atoms with van der Waals surface area (Å²) in [5.41, 5.74) is -0.152. The third-order valence-electron chi connectivity index (χ3n) is 5.47. The molecular formula is C18H35N3O2. The minimum Gasteiger partial charge on any atom is -0.381 e. The molecule has 2 rings (SSSR count). The van der Waals surface area contributed by atoms with Crippen molar-refractivity contribution in [3.63, 3.8) is 0 Å². The van der Waals surface area contributed by atoms with Gasteiger partial charge in [-0.05, 0) is 38.5 Å². The third kappa shape index (κ3) is 5.64. The second-order valence-corrected chi connectivity index (χ2v) is 6.96. The molecule has 0 radical (unpaired) electrons. The molecular weight excluding hydrogens is 290 g/mol. The fourth-order valence-electron chi connectivity index (χ4n) is 3.62. The van der Waals surface area contributed by atoms with E-state index in [9.17, 15) is 0 Å². The highest BCUT2D eigenvalue weighted by Gasteiger charge is 2.32. The molecule has 1 aliphatic heterocycles. The van der Waals surface area contributed by atoms with Crippen LogP contribution in [0, 0.1) is 5.92 Å². The molecule has 1 aliphatic carbocycles. The fraction of sp³-hybridized carbons (Fsp3) is 0.944. The Kier molecular flexibility index (Phi) is 7.63. The SMILES string of the molecule is CCNC(=NCC1(OC)CCOCC1)NC1CCC(CC)CC1. The van der Waals surface area contributed by atoms with Crippen molar-refractivity contribution < 1.29 is 9.47 Å². The Morgan fingerprint density at radius 2 is 1.87 bits per heavy atom. The summed E-state index contributed by atoms with van der Waals surface area (Å²) < 4.78 is 11.2. The van der Waals surface area contributed by atoms with Crippen molar-refractivity contribution in [2.24, 2.45) is 10.9 Å². The summed E-state index contributed by atoms with van der Waals surface area (Å²) in [7, 11) is 1.80. The van der Waals surface area contributed by atoms with E-state index in [1.807, 2.05) is 0 Å². The summed E-state index contributed by atoms with van der Waals surface area (Å²) in [4.78, 5) is 4.83. The number of rotatable bonds is 6. The van der Waals surface area contributed by atoms with Crippen molar-refractivity contribution in [1.82, 2.24) is 10.6 Å². The Bertz CT molecular complexity index is 359. The number of hydrogen-bond acceptors (Lipinski definition) is 3. The van der Waals surface area contributed by atoms with Gasteiger partial charge >= 0.3 is 0 Å². The molecule has 5 heteroatoms. The molecule has 0 aromatic carbocycles. The lowest BCUT2D eigenvalue weighted by atomic mass is 9.84. The Labute approximate surface area is 141 Å². The van der Waals surface area contributed by atoms with E-state index in [1.54, 1.807) is 7.11 Å². The van der Waals surface area contributed by atoms with Crippen LogP contribution in [0.15, 0.2) is 4.99 Å². The number of nitrogens with zero attached hydrogens (tertiary/aromatic N) is 1. The van der Waals surface area contributed by atoms with Crippen molar-refractivity contribution >= 4 is 5.96 Å². The number of aliphatic imine (C=N–C) groups is 1. The molecule has 2 fully saturated rings. The largest absolute Gasteiger partial charge is 0.381 e. The predicted octanol–water partition coefficient (Wildman–Crippen LogP) is 2.71. The lowest BCUT2D eigenvalue weighted by Gasteiger charge is -2.35. The van der Waals surface area contributed by atoms with Crippen LogP contribution < -0.4 is 10.6 Å². The van der Waals surface area contributed by atoms with Crippen LogP contribution in [0.1, 0.15) is 58.8 Å². The first kappa shape index (κ1) is 18.5. The molecule has 1 saturated heterocycles. The van der Waals surface area contributed by atoms with Crippen LogP contribution >= 0.6 is 0 Å². The van der Waals surface area contributed by atoms with Crippen molar-refractivity contribution in [3.8, 4) is 0 Å². The topological polar surface area (TPSA) is 54.9 Å². The highest BCUT2D eigenvalue weighted by atomic mass is 16.5. The summed E-state index contributed by atoms with van der Waals surface area (Å²) in [5.74, 6) is 1.86. The molecule has 0 aromatic heterocycles. The maximum atomic E-state index is 5.78. The number of nitrogens with one attached hydrogen (secondary N) is 2. The van der Waals surface area contributed by atoms with Crippen molar-refractivity contribution in [2.45, 2.75) is 70.4 Å². The molecule has 0 unspecified atom stereocenters. The highest BCUT2D eigenvalue weighted by molar-refractivity contribution is 5.80. The van der Waals surface area contributed by atoms with Gasteiger partial charge in [0.25, 0.3) is 0 Å². The van der Waals surface area contributed by atoms with Gasteiger partial charge in [-0.2, -0.15) is 0 Å². The Hall–Kier alpha value is -0.810. The molecule has 2 N–H and O–H groups in total. The maximum absolute atomic E-state index is 5.78. The van der Waals surface area contributed by atoms with Gasteiger partial charge in [0, 0.05) is 45.8 Å². The lowest BCUT2D eigenvalue weighted by Crippen LogP contribution is -2.47. The zero-order valence-corrected chi connectivity index (χ0v) is 15.2. The van der Waals surface area contributed by atoms with E-state index in [4.69, 9.17) is 14.5 Å². The molecule has 1 heterocycles. The smallest absolute Gasteiger partial charge is 0.191 e. The van der Waals surface area contributed by atoms with Crippen LogP contribution in [0.25, 0.3) is 0 Å². The second kappa shape index (κ2) is 9.48. The first-order chi connectivity index (χ1) is 11.2.